The van der Waals surface area contributed by atoms with Gasteiger partial charge in [0.15, 0.2) is 0 Å². The Kier molecular flexibility index (Phi) is 4.59. The fourth-order valence-corrected chi connectivity index (χ4v) is 4.49. The predicted molar refractivity (Wildman–Crippen MR) is 107 cm³/mol. The van der Waals surface area contributed by atoms with E-state index in [-0.39, 0.29) is 18.0 Å². The maximum Gasteiger partial charge on any atom is 0.433 e. The summed E-state index contributed by atoms with van der Waals surface area (Å²) >= 11 is 0. The Morgan fingerprint density at radius 3 is 2.69 bits per heavy atom. The first kappa shape index (κ1) is 20.6. The minimum atomic E-state index is -4.54. The van der Waals surface area contributed by atoms with Crippen molar-refractivity contribution in [1.82, 2.24) is 14.9 Å². The second-order valence-electron chi connectivity index (χ2n) is 8.00. The SMILES string of the molecule is CN(C(=O)c1cc2c3c(c(N)nc2cc1F)COC3)C1CCc2nc(C(F)(F)F)ccc21. The molecular formula is C22H18F4N4O2. The number of aromatic nitrogens is 2. The van der Waals surface area contributed by atoms with Gasteiger partial charge in [0.05, 0.1) is 30.3 Å². The summed E-state index contributed by atoms with van der Waals surface area (Å²) in [5.74, 6) is -1.05. The first-order chi connectivity index (χ1) is 15.1. The molecule has 1 atom stereocenters. The van der Waals surface area contributed by atoms with E-state index in [1.54, 1.807) is 0 Å². The van der Waals surface area contributed by atoms with E-state index >= 15 is 0 Å². The first-order valence-corrected chi connectivity index (χ1v) is 9.97. The smallest absolute Gasteiger partial charge is 0.383 e. The fraction of sp³-hybridized carbons (Fsp3) is 0.318. The monoisotopic (exact) mass is 446 g/mol. The number of hydrogen-bond donors (Lipinski definition) is 1. The molecule has 0 fully saturated rings. The molecule has 1 unspecified atom stereocenters. The summed E-state index contributed by atoms with van der Waals surface area (Å²) in [4.78, 5) is 22.5. The van der Waals surface area contributed by atoms with Gasteiger partial charge < -0.3 is 15.4 Å². The number of nitrogens with two attached hydrogens (primary N) is 1. The number of nitrogens with zero attached hydrogens (tertiary/aromatic N) is 3. The molecule has 10 heteroatoms. The Balaban J connectivity index is 1.50. The Morgan fingerprint density at radius 1 is 1.19 bits per heavy atom. The van der Waals surface area contributed by atoms with Gasteiger partial charge in [-0.05, 0) is 36.1 Å². The van der Waals surface area contributed by atoms with Crippen LogP contribution in [0.2, 0.25) is 0 Å². The average Bonchev–Trinajstić information content (AvgIpc) is 3.39. The molecule has 0 radical (unpaired) electrons. The van der Waals surface area contributed by atoms with E-state index in [1.165, 1.54) is 30.1 Å². The maximum atomic E-state index is 14.9. The van der Waals surface area contributed by atoms with Crippen molar-refractivity contribution in [2.24, 2.45) is 0 Å². The fourth-order valence-electron chi connectivity index (χ4n) is 4.49. The summed E-state index contributed by atoms with van der Waals surface area (Å²) in [6.07, 6.45) is -3.83. The highest BCUT2D eigenvalue weighted by atomic mass is 19.4. The molecule has 3 aromatic rings. The number of amides is 1. The Bertz CT molecular complexity index is 1280. The second-order valence-corrected chi connectivity index (χ2v) is 8.00. The van der Waals surface area contributed by atoms with E-state index in [0.29, 0.717) is 41.6 Å². The Morgan fingerprint density at radius 2 is 1.94 bits per heavy atom. The molecule has 0 spiro atoms. The van der Waals surface area contributed by atoms with Gasteiger partial charge in [-0.15, -0.1) is 0 Å². The zero-order valence-electron chi connectivity index (χ0n) is 17.0. The summed E-state index contributed by atoms with van der Waals surface area (Å²) in [5, 5.41) is 0.591. The van der Waals surface area contributed by atoms with E-state index in [0.717, 1.165) is 17.2 Å². The molecule has 1 aliphatic heterocycles. The van der Waals surface area contributed by atoms with E-state index in [4.69, 9.17) is 10.5 Å². The van der Waals surface area contributed by atoms with Crippen LogP contribution in [0.15, 0.2) is 24.3 Å². The van der Waals surface area contributed by atoms with Gasteiger partial charge in [0.25, 0.3) is 5.91 Å². The normalized spacial score (nSPS) is 17.5. The number of carbonyl (C=O) groups is 1. The van der Waals surface area contributed by atoms with Gasteiger partial charge in [-0.3, -0.25) is 4.79 Å². The quantitative estimate of drug-likeness (QED) is 0.598. The average molecular weight is 446 g/mol. The molecule has 1 amide bonds. The predicted octanol–water partition coefficient (Wildman–Crippen LogP) is 4.16. The lowest BCUT2D eigenvalue weighted by atomic mass is 10.0. The lowest BCUT2D eigenvalue weighted by molar-refractivity contribution is -0.141. The van der Waals surface area contributed by atoms with Gasteiger partial charge in [-0.2, -0.15) is 13.2 Å². The maximum absolute atomic E-state index is 14.9. The summed E-state index contributed by atoms with van der Waals surface area (Å²) in [6, 6.07) is 4.38. The van der Waals surface area contributed by atoms with Crippen molar-refractivity contribution in [3.63, 3.8) is 0 Å². The number of carbonyl (C=O) groups excluding carboxylic acids is 1. The van der Waals surface area contributed by atoms with Crippen molar-refractivity contribution >= 4 is 22.6 Å². The Labute approximate surface area is 180 Å². The molecule has 2 aromatic heterocycles. The molecule has 5 rings (SSSR count). The molecule has 166 valence electrons. The summed E-state index contributed by atoms with van der Waals surface area (Å²) in [5.41, 5.74) is 7.51. The van der Waals surface area contributed by atoms with Crippen molar-refractivity contribution in [3.8, 4) is 0 Å². The van der Waals surface area contributed by atoms with Crippen LogP contribution in [0, 0.1) is 5.82 Å². The molecule has 1 aromatic carbocycles. The highest BCUT2D eigenvalue weighted by Crippen LogP contribution is 2.38. The van der Waals surface area contributed by atoms with Gasteiger partial charge >= 0.3 is 6.18 Å². The number of anilines is 1. The number of rotatable bonds is 2. The van der Waals surface area contributed by atoms with Gasteiger partial charge in [-0.1, -0.05) is 6.07 Å². The van der Waals surface area contributed by atoms with Crippen LogP contribution in [0.25, 0.3) is 10.9 Å². The lowest BCUT2D eigenvalue weighted by Crippen LogP contribution is -2.31. The zero-order valence-corrected chi connectivity index (χ0v) is 17.0. The van der Waals surface area contributed by atoms with Crippen LogP contribution >= 0.6 is 0 Å². The molecule has 0 bridgehead atoms. The molecule has 0 saturated heterocycles. The van der Waals surface area contributed by atoms with Crippen LogP contribution in [0.5, 0.6) is 0 Å². The molecule has 32 heavy (non-hydrogen) atoms. The zero-order chi connectivity index (χ0) is 22.8. The first-order valence-electron chi connectivity index (χ1n) is 9.97. The third-order valence-corrected chi connectivity index (χ3v) is 6.15. The van der Waals surface area contributed by atoms with Gasteiger partial charge in [0.2, 0.25) is 0 Å². The highest BCUT2D eigenvalue weighted by molar-refractivity contribution is 5.99. The summed E-state index contributed by atoms with van der Waals surface area (Å²) < 4.78 is 59.2. The molecule has 3 heterocycles. The van der Waals surface area contributed by atoms with Gasteiger partial charge in [0, 0.05) is 29.8 Å². The number of pyridine rings is 2. The largest absolute Gasteiger partial charge is 0.433 e. The van der Waals surface area contributed by atoms with Gasteiger partial charge in [-0.25, -0.2) is 14.4 Å². The number of ether oxygens (including phenoxy) is 1. The summed E-state index contributed by atoms with van der Waals surface area (Å²) in [7, 11) is 1.51. The number of hydrogen-bond acceptors (Lipinski definition) is 5. The van der Waals surface area contributed by atoms with Crippen LogP contribution in [0.1, 0.15) is 50.9 Å². The van der Waals surface area contributed by atoms with E-state index in [9.17, 15) is 22.4 Å². The summed E-state index contributed by atoms with van der Waals surface area (Å²) in [6.45, 7) is 0.591. The van der Waals surface area contributed by atoms with Crippen LogP contribution < -0.4 is 5.73 Å². The van der Waals surface area contributed by atoms with Crippen LogP contribution in [-0.4, -0.2) is 27.8 Å². The van der Waals surface area contributed by atoms with Crippen LogP contribution in [0.3, 0.4) is 0 Å². The van der Waals surface area contributed by atoms with E-state index < -0.39 is 29.6 Å². The van der Waals surface area contributed by atoms with E-state index in [2.05, 4.69) is 9.97 Å². The molecule has 0 saturated carbocycles. The third kappa shape index (κ3) is 3.17. The molecule has 6 nitrogen and oxygen atoms in total. The number of benzene rings is 1. The number of fused-ring (bicyclic) bond motifs is 4. The highest BCUT2D eigenvalue weighted by Gasteiger charge is 2.36. The van der Waals surface area contributed by atoms with Crippen molar-refractivity contribution in [2.45, 2.75) is 38.3 Å². The number of alkyl halides is 3. The standard InChI is InChI=1S/C22H18F4N4O2/c1-30(18-4-3-16-10(18)2-5-19(28-16)22(24,25)26)21(31)12-6-11-13-8-32-9-14(13)20(27)29-17(11)7-15(12)23/h2,5-7,18H,3-4,8-9H2,1H3,(H2,27,29). The van der Waals surface area contributed by atoms with Crippen molar-refractivity contribution < 1.29 is 27.1 Å². The minimum Gasteiger partial charge on any atom is -0.383 e. The lowest BCUT2D eigenvalue weighted by Gasteiger charge is -2.26. The second kappa shape index (κ2) is 7.13. The van der Waals surface area contributed by atoms with Crippen molar-refractivity contribution in [3.05, 3.63) is 63.7 Å². The van der Waals surface area contributed by atoms with E-state index in [1.807, 2.05) is 0 Å². The molecule has 1 aliphatic carbocycles. The topological polar surface area (TPSA) is 81.3 Å². The van der Waals surface area contributed by atoms with Crippen molar-refractivity contribution in [1.29, 1.82) is 0 Å². The number of nitrogen functional groups attached to an aromatic ring is 1. The number of halogens is 4. The van der Waals surface area contributed by atoms with Gasteiger partial charge in [0.1, 0.15) is 17.3 Å². The minimum absolute atomic E-state index is 0.144. The Hall–Kier alpha value is -3.27. The molecular weight excluding hydrogens is 428 g/mol. The van der Waals surface area contributed by atoms with Crippen molar-refractivity contribution in [2.75, 3.05) is 12.8 Å². The van der Waals surface area contributed by atoms with Crippen LogP contribution in [-0.2, 0) is 30.5 Å². The third-order valence-electron chi connectivity index (χ3n) is 6.15. The van der Waals surface area contributed by atoms with Crippen LogP contribution in [0.4, 0.5) is 23.4 Å². The number of aryl methyl sites for hydroxylation is 1. The molecule has 2 N–H and O–H groups in total. The molecule has 2 aliphatic rings.